The highest BCUT2D eigenvalue weighted by Gasteiger charge is 2.28. The van der Waals surface area contributed by atoms with Gasteiger partial charge in [0.2, 0.25) is 5.91 Å². The number of hydrogen-bond donors (Lipinski definition) is 3. The maximum atomic E-state index is 11.9. The zero-order valence-electron chi connectivity index (χ0n) is 9.62. The highest BCUT2D eigenvalue weighted by Crippen LogP contribution is 2.28. The Bertz CT molecular complexity index is 521. The van der Waals surface area contributed by atoms with Crippen molar-refractivity contribution in [3.05, 3.63) is 22.2 Å². The molecule has 1 heterocycles. The summed E-state index contributed by atoms with van der Waals surface area (Å²) in [7, 11) is 0. The summed E-state index contributed by atoms with van der Waals surface area (Å²) in [6.07, 6.45) is 0. The number of hydrogen-bond acceptors (Lipinski definition) is 4. The van der Waals surface area contributed by atoms with E-state index < -0.39 is 6.04 Å². The fourth-order valence-corrected chi connectivity index (χ4v) is 2.95. The van der Waals surface area contributed by atoms with E-state index in [4.69, 9.17) is 5.73 Å². The Balaban J connectivity index is 2.14. The van der Waals surface area contributed by atoms with Gasteiger partial charge < -0.3 is 16.4 Å². The average molecular weight is 330 g/mol. The Kier molecular flexibility index (Phi) is 3.82. The Labute approximate surface area is 117 Å². The minimum absolute atomic E-state index is 0.173. The first-order valence-corrected chi connectivity index (χ1v) is 7.05. The van der Waals surface area contributed by atoms with E-state index in [0.29, 0.717) is 17.1 Å². The van der Waals surface area contributed by atoms with Crippen molar-refractivity contribution in [2.75, 3.05) is 16.8 Å². The Morgan fingerprint density at radius 1 is 1.61 bits per heavy atom. The molecule has 18 heavy (non-hydrogen) atoms. The molecule has 1 fully saturated rings. The van der Waals surface area contributed by atoms with Gasteiger partial charge >= 0.3 is 0 Å². The summed E-state index contributed by atoms with van der Waals surface area (Å²) in [5, 5.41) is 5.14. The number of carbonyl (C=O) groups is 2. The monoisotopic (exact) mass is 329 g/mol. The van der Waals surface area contributed by atoms with Crippen molar-refractivity contribution in [1.29, 1.82) is 0 Å². The van der Waals surface area contributed by atoms with E-state index in [9.17, 15) is 9.59 Å². The third-order valence-corrected chi connectivity index (χ3v) is 3.94. The molecule has 0 saturated carbocycles. The van der Waals surface area contributed by atoms with Crippen molar-refractivity contribution in [2.24, 2.45) is 0 Å². The number of halogens is 1. The second-order valence-electron chi connectivity index (χ2n) is 3.97. The number of aryl methyl sites for hydroxylation is 1. The summed E-state index contributed by atoms with van der Waals surface area (Å²) in [4.78, 5) is 23.0. The van der Waals surface area contributed by atoms with Crippen molar-refractivity contribution < 1.29 is 9.59 Å². The maximum Gasteiger partial charge on any atom is 0.279 e. The van der Waals surface area contributed by atoms with Gasteiger partial charge in [0, 0.05) is 10.2 Å². The number of thioether (sulfide) groups is 1. The summed E-state index contributed by atoms with van der Waals surface area (Å²) in [5.74, 6) is 0.190. The molecule has 1 aliphatic rings. The summed E-state index contributed by atoms with van der Waals surface area (Å²) in [6.45, 7) is 1.86. The molecular formula is C11H12BrN3O2S. The van der Waals surface area contributed by atoms with Gasteiger partial charge in [0.05, 0.1) is 11.4 Å². The number of carbonyl (C=O) groups excluding carboxylic acids is 2. The second-order valence-corrected chi connectivity index (χ2v) is 5.88. The molecule has 7 heteroatoms. The third kappa shape index (κ3) is 2.78. The molecule has 0 aromatic heterocycles. The number of benzene rings is 1. The molecule has 96 valence electrons. The summed E-state index contributed by atoms with van der Waals surface area (Å²) < 4.78 is 0.842. The van der Waals surface area contributed by atoms with E-state index in [2.05, 4.69) is 26.6 Å². The van der Waals surface area contributed by atoms with Crippen LogP contribution in [0.25, 0.3) is 0 Å². The van der Waals surface area contributed by atoms with Gasteiger partial charge in [-0.15, -0.1) is 0 Å². The zero-order valence-corrected chi connectivity index (χ0v) is 12.0. The van der Waals surface area contributed by atoms with E-state index in [0.717, 1.165) is 21.8 Å². The van der Waals surface area contributed by atoms with Crippen LogP contribution in [0.3, 0.4) is 0 Å². The summed E-state index contributed by atoms with van der Waals surface area (Å²) >= 11 is 4.45. The van der Waals surface area contributed by atoms with E-state index in [1.165, 1.54) is 0 Å². The normalized spacial score (nSPS) is 18.6. The Morgan fingerprint density at radius 3 is 2.94 bits per heavy atom. The van der Waals surface area contributed by atoms with Gasteiger partial charge in [0.15, 0.2) is 0 Å². The molecule has 1 atom stereocenters. The topological polar surface area (TPSA) is 84.2 Å². The molecule has 2 amide bonds. The van der Waals surface area contributed by atoms with Gasteiger partial charge in [0.25, 0.3) is 5.24 Å². The zero-order chi connectivity index (χ0) is 13.3. The lowest BCUT2D eigenvalue weighted by molar-refractivity contribution is -0.117. The maximum absolute atomic E-state index is 11.9. The van der Waals surface area contributed by atoms with E-state index >= 15 is 0 Å². The fraction of sp³-hybridized carbons (Fsp3) is 0.273. The van der Waals surface area contributed by atoms with Crippen LogP contribution in [-0.4, -0.2) is 22.9 Å². The van der Waals surface area contributed by atoms with E-state index in [1.807, 2.05) is 13.0 Å². The van der Waals surface area contributed by atoms with Crippen LogP contribution in [0.4, 0.5) is 16.2 Å². The van der Waals surface area contributed by atoms with Crippen molar-refractivity contribution in [1.82, 2.24) is 5.32 Å². The molecule has 1 aliphatic heterocycles. The smallest absolute Gasteiger partial charge is 0.279 e. The first-order valence-electron chi connectivity index (χ1n) is 5.27. The molecule has 1 aromatic rings. The molecule has 5 nitrogen and oxygen atoms in total. The van der Waals surface area contributed by atoms with Gasteiger partial charge in [-0.1, -0.05) is 27.7 Å². The van der Waals surface area contributed by atoms with Crippen LogP contribution >= 0.6 is 27.7 Å². The van der Waals surface area contributed by atoms with Crippen LogP contribution in [0, 0.1) is 6.92 Å². The lowest BCUT2D eigenvalue weighted by Gasteiger charge is -2.14. The number of rotatable bonds is 2. The van der Waals surface area contributed by atoms with Gasteiger partial charge in [0.1, 0.15) is 6.04 Å². The molecule has 0 radical (unpaired) electrons. The van der Waals surface area contributed by atoms with Gasteiger partial charge in [-0.3, -0.25) is 9.59 Å². The van der Waals surface area contributed by atoms with Crippen LogP contribution < -0.4 is 16.4 Å². The standard InChI is InChI=1S/C11H12BrN3O2S/c1-5-2-6(12)3-7(9(5)13)14-10(16)8-4-18-11(17)15-8/h2-3,8H,4,13H2,1H3,(H,14,16)(H,15,17)/t8-/m0/s1. The first kappa shape index (κ1) is 13.2. The van der Waals surface area contributed by atoms with Crippen LogP contribution in [0.1, 0.15) is 5.56 Å². The van der Waals surface area contributed by atoms with Crippen molar-refractivity contribution in [2.45, 2.75) is 13.0 Å². The molecule has 0 bridgehead atoms. The number of nitrogen functional groups attached to an aromatic ring is 1. The predicted octanol–water partition coefficient (Wildman–Crippen LogP) is 2.10. The van der Waals surface area contributed by atoms with Crippen LogP contribution in [-0.2, 0) is 4.79 Å². The second kappa shape index (κ2) is 5.19. The van der Waals surface area contributed by atoms with Gasteiger partial charge in [-0.05, 0) is 24.6 Å². The fourth-order valence-electron chi connectivity index (χ4n) is 1.60. The van der Waals surface area contributed by atoms with Crippen LogP contribution in [0.5, 0.6) is 0 Å². The largest absolute Gasteiger partial charge is 0.397 e. The lowest BCUT2D eigenvalue weighted by Crippen LogP contribution is -2.38. The van der Waals surface area contributed by atoms with Crippen LogP contribution in [0.15, 0.2) is 16.6 Å². The number of anilines is 2. The average Bonchev–Trinajstić information content (AvgIpc) is 2.72. The minimum Gasteiger partial charge on any atom is -0.397 e. The van der Waals surface area contributed by atoms with Crippen molar-refractivity contribution in [3.8, 4) is 0 Å². The number of nitrogens with two attached hydrogens (primary N) is 1. The van der Waals surface area contributed by atoms with Crippen molar-refractivity contribution in [3.63, 3.8) is 0 Å². The third-order valence-electron chi connectivity index (χ3n) is 2.60. The van der Waals surface area contributed by atoms with Gasteiger partial charge in [-0.25, -0.2) is 0 Å². The molecular weight excluding hydrogens is 318 g/mol. The lowest BCUT2D eigenvalue weighted by atomic mass is 10.1. The van der Waals surface area contributed by atoms with E-state index in [1.54, 1.807) is 6.07 Å². The molecule has 2 rings (SSSR count). The number of nitrogens with one attached hydrogen (secondary N) is 2. The Hall–Kier alpha value is -1.21. The molecule has 4 N–H and O–H groups in total. The number of amides is 2. The van der Waals surface area contributed by atoms with E-state index in [-0.39, 0.29) is 11.1 Å². The molecule has 1 saturated heterocycles. The minimum atomic E-state index is -0.499. The van der Waals surface area contributed by atoms with Crippen LogP contribution in [0.2, 0.25) is 0 Å². The highest BCUT2D eigenvalue weighted by atomic mass is 79.9. The quantitative estimate of drug-likeness (QED) is 0.725. The molecule has 1 aromatic carbocycles. The highest BCUT2D eigenvalue weighted by molar-refractivity contribution is 9.10. The van der Waals surface area contributed by atoms with Crippen molar-refractivity contribution >= 4 is 50.2 Å². The van der Waals surface area contributed by atoms with Gasteiger partial charge in [-0.2, -0.15) is 0 Å². The SMILES string of the molecule is Cc1cc(Br)cc(NC(=O)[C@@H]2CSC(=O)N2)c1N. The molecule has 0 unspecified atom stereocenters. The summed E-state index contributed by atoms with van der Waals surface area (Å²) in [5.41, 5.74) is 7.86. The molecule has 0 aliphatic carbocycles. The predicted molar refractivity (Wildman–Crippen MR) is 76.7 cm³/mol. The first-order chi connectivity index (χ1) is 8.47. The summed E-state index contributed by atoms with van der Waals surface area (Å²) in [6, 6.07) is 3.11. The molecule has 0 spiro atoms. The Morgan fingerprint density at radius 2 is 2.33 bits per heavy atom.